The molecule has 0 heterocycles. The summed E-state index contributed by atoms with van der Waals surface area (Å²) in [5.74, 6) is -1.05. The van der Waals surface area contributed by atoms with Crippen LogP contribution in [0.2, 0.25) is 10.0 Å². The zero-order valence-corrected chi connectivity index (χ0v) is 15.0. The van der Waals surface area contributed by atoms with Gasteiger partial charge >= 0.3 is 5.97 Å². The van der Waals surface area contributed by atoms with Gasteiger partial charge in [-0.3, -0.25) is 4.79 Å². The second-order valence-corrected chi connectivity index (χ2v) is 6.30. The highest BCUT2D eigenvalue weighted by molar-refractivity contribution is 6.42. The summed E-state index contributed by atoms with van der Waals surface area (Å²) >= 11 is 11.7. The fraction of sp³-hybridized carbons (Fsp3) is 0.222. The van der Waals surface area contributed by atoms with Gasteiger partial charge in [-0.2, -0.15) is 0 Å². The molecule has 4 nitrogen and oxygen atoms in total. The van der Waals surface area contributed by atoms with Crippen LogP contribution in [0.4, 0.5) is 5.69 Å². The van der Waals surface area contributed by atoms with E-state index >= 15 is 0 Å². The lowest BCUT2D eigenvalue weighted by Gasteiger charge is -2.15. The lowest BCUT2D eigenvalue weighted by molar-refractivity contribution is -0.123. The van der Waals surface area contributed by atoms with Crippen molar-refractivity contribution in [3.63, 3.8) is 0 Å². The van der Waals surface area contributed by atoms with Crippen molar-refractivity contribution < 1.29 is 14.3 Å². The van der Waals surface area contributed by atoms with Gasteiger partial charge in [-0.15, -0.1) is 0 Å². The standard InChI is InChI=1S/C18H17Cl2NO3/c1-10-4-5-11(2)16(8-10)21-17(22)12(3)24-18(23)13-6-7-14(19)15(20)9-13/h4-9,12H,1-3H3,(H,21,22)/t12-/m0/s1. The number of carbonyl (C=O) groups excluding carboxylic acids is 2. The third-order valence-corrected chi connectivity index (χ3v) is 4.20. The van der Waals surface area contributed by atoms with E-state index in [-0.39, 0.29) is 10.6 Å². The average Bonchev–Trinajstić information content (AvgIpc) is 2.53. The molecule has 24 heavy (non-hydrogen) atoms. The van der Waals surface area contributed by atoms with E-state index in [2.05, 4.69) is 5.32 Å². The maximum atomic E-state index is 12.2. The van der Waals surface area contributed by atoms with Crippen molar-refractivity contribution in [1.29, 1.82) is 0 Å². The first kappa shape index (κ1) is 18.3. The lowest BCUT2D eigenvalue weighted by Crippen LogP contribution is -2.30. The number of anilines is 1. The molecule has 0 unspecified atom stereocenters. The maximum absolute atomic E-state index is 12.2. The molecule has 0 saturated carbocycles. The number of ether oxygens (including phenoxy) is 1. The van der Waals surface area contributed by atoms with E-state index in [0.717, 1.165) is 11.1 Å². The molecule has 0 aliphatic carbocycles. The summed E-state index contributed by atoms with van der Waals surface area (Å²) in [7, 11) is 0. The smallest absolute Gasteiger partial charge is 0.338 e. The van der Waals surface area contributed by atoms with Crippen molar-refractivity contribution in [2.45, 2.75) is 26.9 Å². The second kappa shape index (κ2) is 7.69. The van der Waals surface area contributed by atoms with Crippen LogP contribution in [0.15, 0.2) is 36.4 Å². The predicted molar refractivity (Wildman–Crippen MR) is 95.9 cm³/mol. The molecule has 2 aromatic carbocycles. The van der Waals surface area contributed by atoms with Gasteiger partial charge < -0.3 is 10.1 Å². The Bertz CT molecular complexity index is 790. The van der Waals surface area contributed by atoms with Gasteiger partial charge in [0, 0.05) is 5.69 Å². The van der Waals surface area contributed by atoms with E-state index in [0.29, 0.717) is 10.7 Å². The third kappa shape index (κ3) is 4.49. The zero-order chi connectivity index (χ0) is 17.9. The second-order valence-electron chi connectivity index (χ2n) is 5.48. The Morgan fingerprint density at radius 2 is 1.75 bits per heavy atom. The van der Waals surface area contributed by atoms with E-state index in [4.69, 9.17) is 27.9 Å². The van der Waals surface area contributed by atoms with Crippen molar-refractivity contribution in [2.24, 2.45) is 0 Å². The van der Waals surface area contributed by atoms with E-state index in [1.807, 2.05) is 32.0 Å². The Morgan fingerprint density at radius 1 is 1.04 bits per heavy atom. The molecule has 1 N–H and O–H groups in total. The normalized spacial score (nSPS) is 11.7. The minimum absolute atomic E-state index is 0.232. The Kier molecular flexibility index (Phi) is 5.86. The SMILES string of the molecule is Cc1ccc(C)c(NC(=O)[C@H](C)OC(=O)c2ccc(Cl)c(Cl)c2)c1. The zero-order valence-electron chi connectivity index (χ0n) is 13.5. The van der Waals surface area contributed by atoms with Crippen molar-refractivity contribution >= 4 is 40.8 Å². The van der Waals surface area contributed by atoms with E-state index in [1.165, 1.54) is 25.1 Å². The molecule has 6 heteroatoms. The highest BCUT2D eigenvalue weighted by atomic mass is 35.5. The number of hydrogen-bond acceptors (Lipinski definition) is 3. The predicted octanol–water partition coefficient (Wildman–Crippen LogP) is 4.79. The number of amides is 1. The summed E-state index contributed by atoms with van der Waals surface area (Å²) in [5, 5.41) is 3.36. The average molecular weight is 366 g/mol. The van der Waals surface area contributed by atoms with E-state index in [1.54, 1.807) is 0 Å². The molecule has 0 saturated heterocycles. The van der Waals surface area contributed by atoms with Crippen LogP contribution in [0.25, 0.3) is 0 Å². The number of carbonyl (C=O) groups is 2. The maximum Gasteiger partial charge on any atom is 0.338 e. The Hall–Kier alpha value is -2.04. The largest absolute Gasteiger partial charge is 0.449 e. The molecule has 0 aliphatic heterocycles. The summed E-state index contributed by atoms with van der Waals surface area (Å²) in [6.07, 6.45) is -0.952. The van der Waals surface area contributed by atoms with Gasteiger partial charge in [0.05, 0.1) is 15.6 Å². The monoisotopic (exact) mass is 365 g/mol. The molecule has 1 atom stereocenters. The summed E-state index contributed by atoms with van der Waals surface area (Å²) in [6, 6.07) is 10.1. The molecular weight excluding hydrogens is 349 g/mol. The van der Waals surface area contributed by atoms with Crippen molar-refractivity contribution in [2.75, 3.05) is 5.32 Å². The number of rotatable bonds is 4. The summed E-state index contributed by atoms with van der Waals surface area (Å²) in [6.45, 7) is 5.33. The molecule has 2 aromatic rings. The summed E-state index contributed by atoms with van der Waals surface area (Å²) in [4.78, 5) is 24.3. The Balaban J connectivity index is 2.04. The minimum Gasteiger partial charge on any atom is -0.449 e. The van der Waals surface area contributed by atoms with Crippen LogP contribution in [-0.4, -0.2) is 18.0 Å². The molecule has 0 fully saturated rings. The fourth-order valence-electron chi connectivity index (χ4n) is 2.01. The van der Waals surface area contributed by atoms with Gasteiger partial charge in [0.15, 0.2) is 6.10 Å². The highest BCUT2D eigenvalue weighted by Crippen LogP contribution is 2.23. The van der Waals surface area contributed by atoms with Gasteiger partial charge in [0.2, 0.25) is 0 Å². The number of esters is 1. The number of halogens is 2. The van der Waals surface area contributed by atoms with Crippen LogP contribution in [-0.2, 0) is 9.53 Å². The Labute approximate surface area is 150 Å². The van der Waals surface area contributed by atoms with Crippen LogP contribution >= 0.6 is 23.2 Å². The highest BCUT2D eigenvalue weighted by Gasteiger charge is 2.20. The summed E-state index contributed by atoms with van der Waals surface area (Å²) in [5.41, 5.74) is 2.88. The van der Waals surface area contributed by atoms with Crippen LogP contribution in [0.3, 0.4) is 0 Å². The third-order valence-electron chi connectivity index (χ3n) is 3.46. The molecule has 2 rings (SSSR count). The van der Waals surface area contributed by atoms with Crippen LogP contribution in [0.5, 0.6) is 0 Å². The molecule has 0 aliphatic rings. The first-order valence-corrected chi connectivity index (χ1v) is 8.07. The quantitative estimate of drug-likeness (QED) is 0.792. The topological polar surface area (TPSA) is 55.4 Å². The van der Waals surface area contributed by atoms with Gasteiger partial charge in [-0.1, -0.05) is 35.3 Å². The Morgan fingerprint density at radius 3 is 2.42 bits per heavy atom. The van der Waals surface area contributed by atoms with Crippen molar-refractivity contribution in [3.05, 3.63) is 63.1 Å². The molecule has 0 radical (unpaired) electrons. The first-order chi connectivity index (χ1) is 11.3. The molecule has 1 amide bonds. The lowest BCUT2D eigenvalue weighted by atomic mass is 10.1. The number of hydrogen-bond donors (Lipinski definition) is 1. The van der Waals surface area contributed by atoms with Crippen LogP contribution in [0, 0.1) is 13.8 Å². The van der Waals surface area contributed by atoms with Crippen molar-refractivity contribution in [3.8, 4) is 0 Å². The molecule has 0 spiro atoms. The van der Waals surface area contributed by atoms with Gasteiger partial charge in [0.1, 0.15) is 0 Å². The van der Waals surface area contributed by atoms with Gasteiger partial charge in [-0.05, 0) is 56.2 Å². The van der Waals surface area contributed by atoms with Gasteiger partial charge in [0.25, 0.3) is 5.91 Å². The molecule has 0 bridgehead atoms. The van der Waals surface area contributed by atoms with Gasteiger partial charge in [-0.25, -0.2) is 4.79 Å². The number of benzene rings is 2. The van der Waals surface area contributed by atoms with E-state index in [9.17, 15) is 9.59 Å². The first-order valence-electron chi connectivity index (χ1n) is 7.32. The number of aryl methyl sites for hydroxylation is 2. The molecule has 0 aromatic heterocycles. The molecular formula is C18H17Cl2NO3. The number of nitrogens with one attached hydrogen (secondary N) is 1. The van der Waals surface area contributed by atoms with Crippen LogP contribution in [0.1, 0.15) is 28.4 Å². The minimum atomic E-state index is -0.952. The van der Waals surface area contributed by atoms with Crippen LogP contribution < -0.4 is 5.32 Å². The van der Waals surface area contributed by atoms with E-state index < -0.39 is 18.0 Å². The fourth-order valence-corrected chi connectivity index (χ4v) is 2.31. The molecule has 126 valence electrons. The summed E-state index contributed by atoms with van der Waals surface area (Å²) < 4.78 is 5.18. The van der Waals surface area contributed by atoms with Crippen molar-refractivity contribution in [1.82, 2.24) is 0 Å².